The van der Waals surface area contributed by atoms with Crippen LogP contribution in [-0.2, 0) is 22.5 Å². The van der Waals surface area contributed by atoms with Crippen LogP contribution in [0.2, 0.25) is 0 Å². The fourth-order valence-corrected chi connectivity index (χ4v) is 3.36. The zero-order chi connectivity index (χ0) is 15.6. The van der Waals surface area contributed by atoms with Gasteiger partial charge in [0.25, 0.3) is 0 Å². The van der Waals surface area contributed by atoms with E-state index in [-0.39, 0.29) is 11.5 Å². The lowest BCUT2D eigenvalue weighted by Gasteiger charge is -2.26. The number of rotatable bonds is 4. The molecule has 2 fully saturated rings. The lowest BCUT2D eigenvalue weighted by molar-refractivity contribution is -0.131. The Morgan fingerprint density at radius 2 is 2.18 bits per heavy atom. The fraction of sp³-hybridized carbons (Fsp3) is 0.812. The van der Waals surface area contributed by atoms with E-state index in [4.69, 9.17) is 9.26 Å². The SMILES string of the molecule is CC(C)Cc1nc(CN2CCC3(CCCO3)CCC2=O)no1. The molecular formula is C16H25N3O3. The highest BCUT2D eigenvalue weighted by atomic mass is 16.5. The van der Waals surface area contributed by atoms with Crippen molar-refractivity contribution in [1.29, 1.82) is 0 Å². The molecule has 0 radical (unpaired) electrons. The Morgan fingerprint density at radius 3 is 2.91 bits per heavy atom. The molecule has 0 aromatic carbocycles. The van der Waals surface area contributed by atoms with E-state index < -0.39 is 0 Å². The average molecular weight is 307 g/mol. The van der Waals surface area contributed by atoms with Crippen molar-refractivity contribution in [3.63, 3.8) is 0 Å². The van der Waals surface area contributed by atoms with E-state index in [9.17, 15) is 4.79 Å². The summed E-state index contributed by atoms with van der Waals surface area (Å²) in [5.74, 6) is 1.91. The Labute approximate surface area is 131 Å². The van der Waals surface area contributed by atoms with Crippen LogP contribution in [0.1, 0.15) is 57.7 Å². The van der Waals surface area contributed by atoms with Gasteiger partial charge in [0.2, 0.25) is 11.8 Å². The van der Waals surface area contributed by atoms with E-state index in [1.54, 1.807) is 0 Å². The maximum atomic E-state index is 12.3. The van der Waals surface area contributed by atoms with Gasteiger partial charge in [0.15, 0.2) is 5.82 Å². The van der Waals surface area contributed by atoms with E-state index in [1.807, 2.05) is 4.90 Å². The molecule has 6 nitrogen and oxygen atoms in total. The molecule has 2 aliphatic rings. The highest BCUT2D eigenvalue weighted by Crippen LogP contribution is 2.36. The third-order valence-electron chi connectivity index (χ3n) is 4.59. The first kappa shape index (κ1) is 15.5. The number of nitrogens with zero attached hydrogens (tertiary/aromatic N) is 3. The molecule has 0 saturated carbocycles. The van der Waals surface area contributed by atoms with Crippen LogP contribution in [0.15, 0.2) is 4.52 Å². The number of amides is 1. The average Bonchev–Trinajstić information content (AvgIpc) is 3.07. The van der Waals surface area contributed by atoms with Gasteiger partial charge in [-0.25, -0.2) is 0 Å². The monoisotopic (exact) mass is 307 g/mol. The summed E-state index contributed by atoms with van der Waals surface area (Å²) in [5.41, 5.74) is -0.0650. The minimum Gasteiger partial charge on any atom is -0.375 e. The highest BCUT2D eigenvalue weighted by Gasteiger charge is 2.38. The fourth-order valence-electron chi connectivity index (χ4n) is 3.36. The molecule has 1 amide bonds. The van der Waals surface area contributed by atoms with Crippen LogP contribution in [-0.4, -0.2) is 39.7 Å². The van der Waals surface area contributed by atoms with E-state index >= 15 is 0 Å². The van der Waals surface area contributed by atoms with E-state index in [2.05, 4.69) is 24.0 Å². The standard InChI is InChI=1S/C16H25N3O3/c1-12(2)10-14-17-13(18-22-14)11-19-8-7-16(5-3-9-21-16)6-4-15(19)20/h12H,3-11H2,1-2H3. The summed E-state index contributed by atoms with van der Waals surface area (Å²) in [6.07, 6.45) is 5.27. The first-order valence-electron chi connectivity index (χ1n) is 8.29. The lowest BCUT2D eigenvalue weighted by Crippen LogP contribution is -2.32. The van der Waals surface area contributed by atoms with Crippen LogP contribution in [0.5, 0.6) is 0 Å². The summed E-state index contributed by atoms with van der Waals surface area (Å²) in [7, 11) is 0. The van der Waals surface area contributed by atoms with Crippen LogP contribution in [0.4, 0.5) is 0 Å². The van der Waals surface area contributed by atoms with Gasteiger partial charge in [0.05, 0.1) is 12.1 Å². The van der Waals surface area contributed by atoms with Crippen molar-refractivity contribution < 1.29 is 14.1 Å². The minimum absolute atomic E-state index is 0.0650. The smallest absolute Gasteiger partial charge is 0.226 e. The van der Waals surface area contributed by atoms with Gasteiger partial charge in [0, 0.05) is 26.0 Å². The Kier molecular flexibility index (Phi) is 4.47. The number of likely N-dealkylation sites (tertiary alicyclic amines) is 1. The number of carbonyl (C=O) groups excluding carboxylic acids is 1. The second-order valence-corrected chi connectivity index (χ2v) is 6.90. The van der Waals surface area contributed by atoms with Crippen LogP contribution in [0, 0.1) is 5.92 Å². The van der Waals surface area contributed by atoms with Crippen molar-refractivity contribution in [2.75, 3.05) is 13.2 Å². The molecule has 2 saturated heterocycles. The molecule has 6 heteroatoms. The van der Waals surface area contributed by atoms with Crippen LogP contribution in [0.25, 0.3) is 0 Å². The molecule has 1 spiro atoms. The number of aromatic nitrogens is 2. The summed E-state index contributed by atoms with van der Waals surface area (Å²) >= 11 is 0. The molecule has 22 heavy (non-hydrogen) atoms. The molecule has 1 aromatic heterocycles. The second-order valence-electron chi connectivity index (χ2n) is 6.90. The molecule has 0 N–H and O–H groups in total. The molecule has 0 bridgehead atoms. The Morgan fingerprint density at radius 1 is 1.32 bits per heavy atom. The van der Waals surface area contributed by atoms with Gasteiger partial charge >= 0.3 is 0 Å². The quantitative estimate of drug-likeness (QED) is 0.854. The van der Waals surface area contributed by atoms with E-state index in [0.29, 0.717) is 37.1 Å². The molecule has 2 aliphatic heterocycles. The minimum atomic E-state index is -0.0650. The summed E-state index contributed by atoms with van der Waals surface area (Å²) in [6, 6.07) is 0. The first-order chi connectivity index (χ1) is 10.6. The van der Waals surface area contributed by atoms with Crippen LogP contribution in [0.3, 0.4) is 0 Å². The summed E-state index contributed by atoms with van der Waals surface area (Å²) < 4.78 is 11.2. The molecule has 1 unspecified atom stereocenters. The second kappa shape index (κ2) is 6.36. The third kappa shape index (κ3) is 3.48. The predicted octanol–water partition coefficient (Wildman–Crippen LogP) is 2.33. The maximum absolute atomic E-state index is 12.3. The van der Waals surface area contributed by atoms with Crippen LogP contribution < -0.4 is 0 Å². The van der Waals surface area contributed by atoms with Gasteiger partial charge in [-0.2, -0.15) is 4.98 Å². The van der Waals surface area contributed by atoms with E-state index in [0.717, 1.165) is 38.7 Å². The largest absolute Gasteiger partial charge is 0.375 e. The van der Waals surface area contributed by atoms with Crippen molar-refractivity contribution in [1.82, 2.24) is 15.0 Å². The van der Waals surface area contributed by atoms with Crippen molar-refractivity contribution in [3.8, 4) is 0 Å². The molecule has 122 valence electrons. The highest BCUT2D eigenvalue weighted by molar-refractivity contribution is 5.76. The summed E-state index contributed by atoms with van der Waals surface area (Å²) in [4.78, 5) is 18.6. The zero-order valence-corrected chi connectivity index (χ0v) is 13.5. The third-order valence-corrected chi connectivity index (χ3v) is 4.59. The van der Waals surface area contributed by atoms with Crippen molar-refractivity contribution in [3.05, 3.63) is 11.7 Å². The zero-order valence-electron chi connectivity index (χ0n) is 13.5. The summed E-state index contributed by atoms with van der Waals surface area (Å²) in [5, 5.41) is 4.01. The Hall–Kier alpha value is -1.43. The molecular weight excluding hydrogens is 282 g/mol. The van der Waals surface area contributed by atoms with Gasteiger partial charge in [-0.1, -0.05) is 19.0 Å². The molecule has 1 atom stereocenters. The number of carbonyl (C=O) groups is 1. The lowest BCUT2D eigenvalue weighted by atomic mass is 9.92. The molecule has 1 aromatic rings. The van der Waals surface area contributed by atoms with Gasteiger partial charge in [0.1, 0.15) is 0 Å². The van der Waals surface area contributed by atoms with Crippen molar-refractivity contribution >= 4 is 5.91 Å². The normalized spacial score (nSPS) is 26.1. The summed E-state index contributed by atoms with van der Waals surface area (Å²) in [6.45, 7) is 6.22. The molecule has 3 heterocycles. The topological polar surface area (TPSA) is 68.5 Å². The van der Waals surface area contributed by atoms with Gasteiger partial charge in [-0.15, -0.1) is 0 Å². The number of ether oxygens (including phenoxy) is 1. The van der Waals surface area contributed by atoms with Gasteiger partial charge in [-0.3, -0.25) is 4.79 Å². The molecule has 3 rings (SSSR count). The van der Waals surface area contributed by atoms with Crippen molar-refractivity contribution in [2.45, 2.75) is 64.5 Å². The van der Waals surface area contributed by atoms with Crippen LogP contribution >= 0.6 is 0 Å². The van der Waals surface area contributed by atoms with Crippen molar-refractivity contribution in [2.24, 2.45) is 5.92 Å². The van der Waals surface area contributed by atoms with Gasteiger partial charge < -0.3 is 14.2 Å². The Bertz CT molecular complexity index is 520. The Balaban J connectivity index is 1.61. The maximum Gasteiger partial charge on any atom is 0.226 e. The predicted molar refractivity (Wildman–Crippen MR) is 80.0 cm³/mol. The number of hydrogen-bond donors (Lipinski definition) is 0. The number of hydrogen-bond acceptors (Lipinski definition) is 5. The van der Waals surface area contributed by atoms with Gasteiger partial charge in [-0.05, 0) is 31.6 Å². The van der Waals surface area contributed by atoms with E-state index in [1.165, 1.54) is 0 Å². The first-order valence-corrected chi connectivity index (χ1v) is 8.29. The molecule has 0 aliphatic carbocycles.